The molecular formula is C20H20N2O2. The number of benzene rings is 2. The van der Waals surface area contributed by atoms with E-state index in [-0.39, 0.29) is 5.91 Å². The Morgan fingerprint density at radius 3 is 2.62 bits per heavy atom. The molecule has 4 nitrogen and oxygen atoms in total. The van der Waals surface area contributed by atoms with Gasteiger partial charge in [-0.3, -0.25) is 4.79 Å². The molecule has 0 bridgehead atoms. The predicted octanol–water partition coefficient (Wildman–Crippen LogP) is 3.85. The summed E-state index contributed by atoms with van der Waals surface area (Å²) in [7, 11) is 0. The first-order valence-corrected chi connectivity index (χ1v) is 8.30. The molecule has 0 radical (unpaired) electrons. The van der Waals surface area contributed by atoms with Gasteiger partial charge in [-0.25, -0.2) is 0 Å². The summed E-state index contributed by atoms with van der Waals surface area (Å²) in [4.78, 5) is 16.4. The second-order valence-electron chi connectivity index (χ2n) is 6.29. The molecular weight excluding hydrogens is 300 g/mol. The van der Waals surface area contributed by atoms with E-state index in [0.29, 0.717) is 26.1 Å². The van der Waals surface area contributed by atoms with Gasteiger partial charge in [0.05, 0.1) is 5.41 Å². The molecule has 1 aromatic heterocycles. The van der Waals surface area contributed by atoms with Crippen molar-refractivity contribution in [1.29, 1.82) is 0 Å². The lowest BCUT2D eigenvalue weighted by Crippen LogP contribution is -2.44. The number of anilines is 1. The maximum Gasteiger partial charge on any atom is 0.235 e. The normalized spacial score (nSPS) is 16.8. The van der Waals surface area contributed by atoms with Crippen molar-refractivity contribution in [3.8, 4) is 0 Å². The summed E-state index contributed by atoms with van der Waals surface area (Å²) in [5.41, 5.74) is 2.38. The lowest BCUT2D eigenvalue weighted by molar-refractivity contribution is -0.125. The number of carbonyl (C=O) groups is 1. The Hall–Kier alpha value is -2.59. The number of aromatic amines is 1. The highest BCUT2D eigenvalue weighted by molar-refractivity contribution is 6.00. The van der Waals surface area contributed by atoms with Crippen LogP contribution in [0.25, 0.3) is 10.9 Å². The second-order valence-corrected chi connectivity index (χ2v) is 6.29. The number of carbonyl (C=O) groups excluding carboxylic acids is 1. The number of aromatic nitrogens is 1. The lowest BCUT2D eigenvalue weighted by atomic mass is 9.73. The summed E-state index contributed by atoms with van der Waals surface area (Å²) in [6.07, 6.45) is 3.31. The van der Waals surface area contributed by atoms with Crippen molar-refractivity contribution >= 4 is 22.5 Å². The summed E-state index contributed by atoms with van der Waals surface area (Å²) in [6.45, 7) is 1.22. The molecule has 2 N–H and O–H groups in total. The molecule has 2 aromatic carbocycles. The first-order valence-electron chi connectivity index (χ1n) is 8.30. The predicted molar refractivity (Wildman–Crippen MR) is 95.1 cm³/mol. The number of rotatable bonds is 3. The molecule has 122 valence electrons. The number of H-pyrrole nitrogens is 1. The van der Waals surface area contributed by atoms with E-state index in [1.54, 1.807) is 0 Å². The third kappa shape index (κ3) is 2.59. The molecule has 4 heteroatoms. The van der Waals surface area contributed by atoms with Gasteiger partial charge in [-0.2, -0.15) is 0 Å². The van der Waals surface area contributed by atoms with Crippen LogP contribution in [-0.4, -0.2) is 24.1 Å². The smallest absolute Gasteiger partial charge is 0.235 e. The highest BCUT2D eigenvalue weighted by Crippen LogP contribution is 2.36. The lowest BCUT2D eigenvalue weighted by Gasteiger charge is -2.36. The Balaban J connectivity index is 1.66. The minimum atomic E-state index is -0.524. The van der Waals surface area contributed by atoms with Gasteiger partial charge in [0.2, 0.25) is 5.91 Å². The third-order valence-corrected chi connectivity index (χ3v) is 4.92. The number of hydrogen-bond acceptors (Lipinski definition) is 2. The van der Waals surface area contributed by atoms with E-state index in [4.69, 9.17) is 4.74 Å². The number of amides is 1. The zero-order chi connectivity index (χ0) is 16.4. The molecule has 0 spiro atoms. The summed E-state index contributed by atoms with van der Waals surface area (Å²) < 4.78 is 5.51. The Bertz CT molecular complexity index is 848. The van der Waals surface area contributed by atoms with E-state index >= 15 is 0 Å². The van der Waals surface area contributed by atoms with Crippen molar-refractivity contribution in [2.24, 2.45) is 0 Å². The Morgan fingerprint density at radius 1 is 1.04 bits per heavy atom. The fourth-order valence-corrected chi connectivity index (χ4v) is 3.50. The standard InChI is InChI=1S/C20H20N2O2/c23-19(22-17-7-6-15-8-11-21-18(15)14-17)20(9-12-24-13-10-20)16-4-2-1-3-5-16/h1-8,11,14,21H,9-10,12-13H2,(H,22,23). The van der Waals surface area contributed by atoms with Crippen molar-refractivity contribution in [2.75, 3.05) is 18.5 Å². The average molecular weight is 320 g/mol. The van der Waals surface area contributed by atoms with E-state index in [9.17, 15) is 4.79 Å². The molecule has 3 aromatic rings. The molecule has 4 rings (SSSR count). The van der Waals surface area contributed by atoms with Gasteiger partial charge in [0.1, 0.15) is 0 Å². The minimum Gasteiger partial charge on any atom is -0.381 e. The molecule has 0 unspecified atom stereocenters. The van der Waals surface area contributed by atoms with Crippen LogP contribution >= 0.6 is 0 Å². The van der Waals surface area contributed by atoms with Gasteiger partial charge < -0.3 is 15.0 Å². The molecule has 0 saturated carbocycles. The molecule has 1 amide bonds. The van der Waals surface area contributed by atoms with Crippen molar-refractivity contribution in [3.63, 3.8) is 0 Å². The van der Waals surface area contributed by atoms with Gasteiger partial charge in [0.25, 0.3) is 0 Å². The van der Waals surface area contributed by atoms with Gasteiger partial charge in [-0.15, -0.1) is 0 Å². The van der Waals surface area contributed by atoms with Crippen LogP contribution in [-0.2, 0) is 14.9 Å². The van der Waals surface area contributed by atoms with Crippen LogP contribution in [0.3, 0.4) is 0 Å². The minimum absolute atomic E-state index is 0.0444. The molecule has 1 aliphatic heterocycles. The zero-order valence-electron chi connectivity index (χ0n) is 13.4. The number of hydrogen-bond donors (Lipinski definition) is 2. The SMILES string of the molecule is O=C(Nc1ccc2cc[nH]c2c1)C1(c2ccccc2)CCOCC1. The Kier molecular flexibility index (Phi) is 3.82. The van der Waals surface area contributed by atoms with Crippen LogP contribution in [0.5, 0.6) is 0 Å². The number of nitrogens with one attached hydrogen (secondary N) is 2. The summed E-state index contributed by atoms with van der Waals surface area (Å²) in [6, 6.07) is 18.0. The van der Waals surface area contributed by atoms with E-state index in [0.717, 1.165) is 22.2 Å². The van der Waals surface area contributed by atoms with E-state index in [1.807, 2.05) is 60.8 Å². The molecule has 1 aliphatic rings. The van der Waals surface area contributed by atoms with Crippen molar-refractivity contribution < 1.29 is 9.53 Å². The molecule has 24 heavy (non-hydrogen) atoms. The first kappa shape index (κ1) is 15.0. The highest BCUT2D eigenvalue weighted by atomic mass is 16.5. The summed E-state index contributed by atoms with van der Waals surface area (Å²) >= 11 is 0. The molecule has 0 atom stereocenters. The average Bonchev–Trinajstić information content (AvgIpc) is 3.11. The number of fused-ring (bicyclic) bond motifs is 1. The molecule has 1 saturated heterocycles. The largest absolute Gasteiger partial charge is 0.381 e. The van der Waals surface area contributed by atoms with E-state index in [1.165, 1.54) is 0 Å². The van der Waals surface area contributed by atoms with Gasteiger partial charge in [-0.1, -0.05) is 36.4 Å². The van der Waals surface area contributed by atoms with E-state index < -0.39 is 5.41 Å². The van der Waals surface area contributed by atoms with Crippen molar-refractivity contribution in [3.05, 3.63) is 66.4 Å². The maximum atomic E-state index is 13.2. The van der Waals surface area contributed by atoms with Gasteiger partial charge >= 0.3 is 0 Å². The highest BCUT2D eigenvalue weighted by Gasteiger charge is 2.41. The fourth-order valence-electron chi connectivity index (χ4n) is 3.50. The van der Waals surface area contributed by atoms with Crippen molar-refractivity contribution in [1.82, 2.24) is 4.98 Å². The summed E-state index contributed by atoms with van der Waals surface area (Å²) in [5, 5.41) is 4.25. The van der Waals surface area contributed by atoms with Crippen LogP contribution in [0, 0.1) is 0 Å². The van der Waals surface area contributed by atoms with Crippen LogP contribution < -0.4 is 5.32 Å². The van der Waals surface area contributed by atoms with Gasteiger partial charge in [-0.05, 0) is 42.0 Å². The third-order valence-electron chi connectivity index (χ3n) is 4.92. The fraction of sp³-hybridized carbons (Fsp3) is 0.250. The Morgan fingerprint density at radius 2 is 1.83 bits per heavy atom. The maximum absolute atomic E-state index is 13.2. The van der Waals surface area contributed by atoms with Crippen molar-refractivity contribution in [2.45, 2.75) is 18.3 Å². The van der Waals surface area contributed by atoms with Crippen LogP contribution in [0.15, 0.2) is 60.8 Å². The second kappa shape index (κ2) is 6.13. The zero-order valence-corrected chi connectivity index (χ0v) is 13.4. The van der Waals surface area contributed by atoms with Gasteiger partial charge in [0, 0.05) is 30.6 Å². The molecule has 1 fully saturated rings. The van der Waals surface area contributed by atoms with Crippen LogP contribution in [0.1, 0.15) is 18.4 Å². The molecule has 0 aliphatic carbocycles. The van der Waals surface area contributed by atoms with Crippen LogP contribution in [0.4, 0.5) is 5.69 Å². The summed E-state index contributed by atoms with van der Waals surface area (Å²) in [5.74, 6) is 0.0444. The topological polar surface area (TPSA) is 54.1 Å². The van der Waals surface area contributed by atoms with E-state index in [2.05, 4.69) is 10.3 Å². The quantitative estimate of drug-likeness (QED) is 0.770. The monoisotopic (exact) mass is 320 g/mol. The Labute approximate surface area is 140 Å². The van der Waals surface area contributed by atoms with Crippen LogP contribution in [0.2, 0.25) is 0 Å². The molecule has 2 heterocycles. The first-order chi connectivity index (χ1) is 11.8. The van der Waals surface area contributed by atoms with Gasteiger partial charge in [0.15, 0.2) is 0 Å². The number of ether oxygens (including phenoxy) is 1.